The van der Waals surface area contributed by atoms with Crippen LogP contribution in [0.15, 0.2) is 11.4 Å². The van der Waals surface area contributed by atoms with E-state index in [0.717, 1.165) is 60.8 Å². The number of rotatable bonds is 4. The monoisotopic (exact) mass is 291 g/mol. The Morgan fingerprint density at radius 2 is 2.24 bits per heavy atom. The van der Waals surface area contributed by atoms with Gasteiger partial charge in [-0.3, -0.25) is 9.88 Å². The van der Waals surface area contributed by atoms with Crippen LogP contribution in [-0.2, 0) is 6.54 Å². The Morgan fingerprint density at radius 1 is 1.48 bits per heavy atom. The molecule has 1 unspecified atom stereocenters. The van der Waals surface area contributed by atoms with Crippen molar-refractivity contribution in [3.05, 3.63) is 23.0 Å². The van der Waals surface area contributed by atoms with E-state index < -0.39 is 0 Å². The van der Waals surface area contributed by atoms with Crippen molar-refractivity contribution in [3.63, 3.8) is 0 Å². The third-order valence-electron chi connectivity index (χ3n) is 4.38. The average molecular weight is 291 g/mol. The van der Waals surface area contributed by atoms with Crippen molar-refractivity contribution in [2.45, 2.75) is 40.2 Å². The van der Waals surface area contributed by atoms with Crippen molar-refractivity contribution in [3.8, 4) is 5.75 Å². The lowest BCUT2D eigenvalue weighted by Crippen LogP contribution is -2.40. The summed E-state index contributed by atoms with van der Waals surface area (Å²) in [6.45, 7) is 8.87. The molecule has 0 spiro atoms. The zero-order chi connectivity index (χ0) is 15.4. The van der Waals surface area contributed by atoms with Gasteiger partial charge >= 0.3 is 0 Å². The number of pyridine rings is 1. The summed E-state index contributed by atoms with van der Waals surface area (Å²) in [4.78, 5) is 6.95. The first kappa shape index (κ1) is 15.8. The molecule has 0 aliphatic carbocycles. The van der Waals surface area contributed by atoms with Gasteiger partial charge in [-0.2, -0.15) is 0 Å². The van der Waals surface area contributed by atoms with Crippen LogP contribution >= 0.6 is 0 Å². The molecule has 1 fully saturated rings. The average Bonchev–Trinajstić information content (AvgIpc) is 2.50. The highest BCUT2D eigenvalue weighted by molar-refractivity contribution is 5.87. The quantitative estimate of drug-likeness (QED) is 0.684. The Labute approximate surface area is 126 Å². The molecule has 1 aliphatic heterocycles. The van der Waals surface area contributed by atoms with Crippen molar-refractivity contribution >= 4 is 5.71 Å². The molecule has 0 bridgehead atoms. The Balaban J connectivity index is 2.13. The van der Waals surface area contributed by atoms with Crippen LogP contribution in [0.4, 0.5) is 0 Å². The van der Waals surface area contributed by atoms with E-state index in [9.17, 15) is 0 Å². The number of piperidine rings is 1. The third-order valence-corrected chi connectivity index (χ3v) is 4.38. The second-order valence-corrected chi connectivity index (χ2v) is 5.73. The van der Waals surface area contributed by atoms with Gasteiger partial charge in [-0.25, -0.2) is 0 Å². The zero-order valence-electron chi connectivity index (χ0n) is 13.4. The lowest BCUT2D eigenvalue weighted by Gasteiger charge is -2.32. The van der Waals surface area contributed by atoms with Gasteiger partial charge in [-0.15, -0.1) is 0 Å². The van der Waals surface area contributed by atoms with Crippen LogP contribution in [0.25, 0.3) is 0 Å². The highest BCUT2D eigenvalue weighted by Crippen LogP contribution is 2.26. The summed E-state index contributed by atoms with van der Waals surface area (Å²) in [5, 5.41) is 12.5. The minimum absolute atomic E-state index is 0.344. The number of nitrogens with zero attached hydrogens (tertiary/aromatic N) is 3. The van der Waals surface area contributed by atoms with Crippen LogP contribution in [0.1, 0.15) is 36.6 Å². The predicted octanol–water partition coefficient (Wildman–Crippen LogP) is 2.77. The SMILES string of the molecule is CCC1CN(Cc2ncc(C)c(OC)c2C)CCC1=NO. The first-order valence-electron chi connectivity index (χ1n) is 7.52. The number of hydrogen-bond donors (Lipinski definition) is 1. The van der Waals surface area contributed by atoms with E-state index in [1.54, 1.807) is 7.11 Å². The predicted molar refractivity (Wildman–Crippen MR) is 83.2 cm³/mol. The van der Waals surface area contributed by atoms with Crippen molar-refractivity contribution < 1.29 is 9.94 Å². The molecule has 2 rings (SSSR count). The maximum Gasteiger partial charge on any atom is 0.128 e. The minimum atomic E-state index is 0.344. The Hall–Kier alpha value is -1.62. The van der Waals surface area contributed by atoms with E-state index >= 15 is 0 Å². The van der Waals surface area contributed by atoms with Crippen molar-refractivity contribution in [2.24, 2.45) is 11.1 Å². The van der Waals surface area contributed by atoms with Gasteiger partial charge < -0.3 is 9.94 Å². The minimum Gasteiger partial charge on any atom is -0.496 e. The van der Waals surface area contributed by atoms with Crippen molar-refractivity contribution in [2.75, 3.05) is 20.2 Å². The molecule has 2 heterocycles. The molecule has 0 radical (unpaired) electrons. The summed E-state index contributed by atoms with van der Waals surface area (Å²) in [5.41, 5.74) is 4.18. The topological polar surface area (TPSA) is 58.0 Å². The van der Waals surface area contributed by atoms with Gasteiger partial charge in [-0.05, 0) is 20.3 Å². The molecule has 1 N–H and O–H groups in total. The first-order valence-corrected chi connectivity index (χ1v) is 7.52. The van der Waals surface area contributed by atoms with Crippen LogP contribution in [0.2, 0.25) is 0 Å². The van der Waals surface area contributed by atoms with Gasteiger partial charge in [0, 0.05) is 49.3 Å². The normalized spacial score (nSPS) is 21.7. The molecule has 0 saturated carbocycles. The summed E-state index contributed by atoms with van der Waals surface area (Å²) < 4.78 is 5.47. The van der Waals surface area contributed by atoms with Gasteiger partial charge in [0.1, 0.15) is 5.75 Å². The molecule has 0 aromatic carbocycles. The maximum absolute atomic E-state index is 9.05. The van der Waals surface area contributed by atoms with Crippen LogP contribution in [0.5, 0.6) is 5.75 Å². The molecule has 1 aromatic rings. The summed E-state index contributed by atoms with van der Waals surface area (Å²) >= 11 is 0. The van der Waals surface area contributed by atoms with Gasteiger partial charge in [-0.1, -0.05) is 12.1 Å². The van der Waals surface area contributed by atoms with Gasteiger partial charge in [0.25, 0.3) is 0 Å². The van der Waals surface area contributed by atoms with Gasteiger partial charge in [0.15, 0.2) is 0 Å². The fourth-order valence-electron chi connectivity index (χ4n) is 3.07. The van der Waals surface area contributed by atoms with E-state index in [1.807, 2.05) is 13.1 Å². The highest BCUT2D eigenvalue weighted by Gasteiger charge is 2.25. The molecule has 1 saturated heterocycles. The number of hydrogen-bond acceptors (Lipinski definition) is 5. The van der Waals surface area contributed by atoms with Gasteiger partial charge in [0.2, 0.25) is 0 Å². The zero-order valence-corrected chi connectivity index (χ0v) is 13.4. The molecule has 0 amide bonds. The number of oxime groups is 1. The maximum atomic E-state index is 9.05. The fourth-order valence-corrected chi connectivity index (χ4v) is 3.07. The highest BCUT2D eigenvalue weighted by atomic mass is 16.5. The van der Waals surface area contributed by atoms with Crippen molar-refractivity contribution in [1.82, 2.24) is 9.88 Å². The second-order valence-electron chi connectivity index (χ2n) is 5.73. The van der Waals surface area contributed by atoms with E-state index in [4.69, 9.17) is 9.94 Å². The smallest absolute Gasteiger partial charge is 0.128 e. The van der Waals surface area contributed by atoms with Crippen LogP contribution in [-0.4, -0.2) is 41.0 Å². The van der Waals surface area contributed by atoms with E-state index in [2.05, 4.69) is 28.9 Å². The summed E-state index contributed by atoms with van der Waals surface area (Å²) in [7, 11) is 1.71. The van der Waals surface area contributed by atoms with E-state index in [1.165, 1.54) is 0 Å². The summed E-state index contributed by atoms with van der Waals surface area (Å²) in [5.74, 6) is 1.28. The molecule has 1 aliphatic rings. The van der Waals surface area contributed by atoms with Crippen LogP contribution < -0.4 is 4.74 Å². The van der Waals surface area contributed by atoms with E-state index in [-0.39, 0.29) is 0 Å². The third kappa shape index (κ3) is 3.35. The summed E-state index contributed by atoms with van der Waals surface area (Å²) in [6, 6.07) is 0. The lowest BCUT2D eigenvalue weighted by molar-refractivity contribution is 0.217. The standard InChI is InChI=1S/C16H25N3O2/c1-5-13-9-19(7-6-14(13)18-20)10-15-12(3)16(21-4)11(2)8-17-15/h8,13,20H,5-7,9-10H2,1-4H3. The number of aryl methyl sites for hydroxylation is 1. The molecule has 5 nitrogen and oxygen atoms in total. The molecule has 21 heavy (non-hydrogen) atoms. The first-order chi connectivity index (χ1) is 10.1. The lowest BCUT2D eigenvalue weighted by atomic mass is 9.93. The largest absolute Gasteiger partial charge is 0.496 e. The number of aromatic nitrogens is 1. The fraction of sp³-hybridized carbons (Fsp3) is 0.625. The Morgan fingerprint density at radius 3 is 2.86 bits per heavy atom. The number of ether oxygens (including phenoxy) is 1. The number of likely N-dealkylation sites (tertiary alicyclic amines) is 1. The van der Waals surface area contributed by atoms with Crippen molar-refractivity contribution in [1.29, 1.82) is 0 Å². The molecular weight excluding hydrogens is 266 g/mol. The second kappa shape index (κ2) is 6.89. The Bertz CT molecular complexity index is 528. The molecular formula is C16H25N3O2. The molecule has 116 valence electrons. The number of methoxy groups -OCH3 is 1. The Kier molecular flexibility index (Phi) is 5.17. The van der Waals surface area contributed by atoms with Crippen LogP contribution in [0.3, 0.4) is 0 Å². The molecule has 1 atom stereocenters. The molecule has 5 heteroatoms. The molecule has 1 aromatic heterocycles. The van der Waals surface area contributed by atoms with Gasteiger partial charge in [0.05, 0.1) is 18.5 Å². The summed E-state index contributed by atoms with van der Waals surface area (Å²) in [6.07, 6.45) is 3.71. The van der Waals surface area contributed by atoms with E-state index in [0.29, 0.717) is 5.92 Å². The van der Waals surface area contributed by atoms with Crippen LogP contribution in [0, 0.1) is 19.8 Å².